The second-order valence-electron chi connectivity index (χ2n) is 9.71. The highest BCUT2D eigenvalue weighted by Crippen LogP contribution is 2.33. The zero-order valence-electron chi connectivity index (χ0n) is 21.0. The number of nitrogens with one attached hydrogen (secondary N) is 2. The minimum atomic E-state index is -5.08. The van der Waals surface area contributed by atoms with Crippen molar-refractivity contribution in [2.45, 2.75) is 63.8 Å². The van der Waals surface area contributed by atoms with Gasteiger partial charge in [-0.1, -0.05) is 50.2 Å². The number of hydrogen-bond donors (Lipinski definition) is 4. The molecular formula is C27H30F3N3O5. The van der Waals surface area contributed by atoms with Crippen LogP contribution >= 0.6 is 0 Å². The van der Waals surface area contributed by atoms with Gasteiger partial charge in [0.05, 0.1) is 11.6 Å². The number of halogens is 3. The van der Waals surface area contributed by atoms with Crippen LogP contribution in [0.15, 0.2) is 42.5 Å². The number of benzene rings is 2. The van der Waals surface area contributed by atoms with Crippen LogP contribution in [0.5, 0.6) is 0 Å². The highest BCUT2D eigenvalue weighted by atomic mass is 19.4. The van der Waals surface area contributed by atoms with E-state index in [1.165, 1.54) is 0 Å². The Balaban J connectivity index is 0.000000505. The summed E-state index contributed by atoms with van der Waals surface area (Å²) in [5, 5.41) is 13.7. The van der Waals surface area contributed by atoms with E-state index >= 15 is 0 Å². The lowest BCUT2D eigenvalue weighted by molar-refractivity contribution is -0.192. The third kappa shape index (κ3) is 6.58. The molecule has 0 spiro atoms. The first kappa shape index (κ1) is 28.8. The lowest BCUT2D eigenvalue weighted by Gasteiger charge is -2.32. The molecule has 38 heavy (non-hydrogen) atoms. The molecule has 204 valence electrons. The lowest BCUT2D eigenvalue weighted by Crippen LogP contribution is -2.49. The number of carboxylic acid groups (broad SMARTS) is 1. The van der Waals surface area contributed by atoms with Gasteiger partial charge in [-0.3, -0.25) is 14.4 Å². The van der Waals surface area contributed by atoms with Crippen LogP contribution < -0.4 is 16.4 Å². The molecule has 0 radical (unpaired) electrons. The van der Waals surface area contributed by atoms with E-state index < -0.39 is 18.2 Å². The van der Waals surface area contributed by atoms with Gasteiger partial charge >= 0.3 is 12.1 Å². The molecule has 4 rings (SSSR count). The van der Waals surface area contributed by atoms with Crippen molar-refractivity contribution in [3.8, 4) is 0 Å². The Morgan fingerprint density at radius 3 is 1.92 bits per heavy atom. The van der Waals surface area contributed by atoms with Gasteiger partial charge in [0.2, 0.25) is 5.91 Å². The number of carboxylic acids is 1. The minimum Gasteiger partial charge on any atom is -0.475 e. The average Bonchev–Trinajstić information content (AvgIpc) is 2.87. The van der Waals surface area contributed by atoms with Gasteiger partial charge in [0.25, 0.3) is 0 Å². The first-order valence-electron chi connectivity index (χ1n) is 12.2. The summed E-state index contributed by atoms with van der Waals surface area (Å²) in [4.78, 5) is 47.2. The van der Waals surface area contributed by atoms with Crippen LogP contribution in [-0.2, 0) is 9.59 Å². The Labute approximate surface area is 217 Å². The van der Waals surface area contributed by atoms with E-state index in [-0.39, 0.29) is 35.5 Å². The molecule has 5 N–H and O–H groups in total. The summed E-state index contributed by atoms with van der Waals surface area (Å²) < 4.78 is 31.7. The maximum absolute atomic E-state index is 13.2. The average molecular weight is 534 g/mol. The Hall–Kier alpha value is -3.73. The fourth-order valence-electron chi connectivity index (χ4n) is 4.47. The van der Waals surface area contributed by atoms with Gasteiger partial charge in [0, 0.05) is 34.5 Å². The van der Waals surface area contributed by atoms with Crippen molar-refractivity contribution in [2.24, 2.45) is 11.7 Å². The Morgan fingerprint density at radius 2 is 1.39 bits per heavy atom. The summed E-state index contributed by atoms with van der Waals surface area (Å²) in [5.41, 5.74) is 8.50. The number of rotatable bonds is 5. The number of fused-ring (bicyclic) bond motifs is 2. The standard InChI is InChI=1S/C25H29N3O3.C2HF3O2/c1-14(2)22(26)25(31)28-16-12-10-15(11-13-16)27-20-9-5-8-19-21(20)24(30)18-7-4-3-6-17(18)23(19)29;3-2(4,5)1(6)7/h3-9,14-16,22,27H,10-13,26H2,1-2H3,(H,28,31);(H,6,7)/t15?,16?,22-;/m0./s1. The van der Waals surface area contributed by atoms with Crippen molar-refractivity contribution >= 4 is 29.1 Å². The SMILES string of the molecule is CC(C)[C@H](N)C(=O)NC1CCC(Nc2cccc3c2C(=O)c2ccccc2C3=O)CC1.O=C(O)C(F)(F)F. The predicted molar refractivity (Wildman–Crippen MR) is 134 cm³/mol. The van der Waals surface area contributed by atoms with Crippen LogP contribution in [0.25, 0.3) is 0 Å². The summed E-state index contributed by atoms with van der Waals surface area (Å²) >= 11 is 0. The second-order valence-corrected chi connectivity index (χ2v) is 9.71. The Kier molecular flexibility index (Phi) is 8.93. The fourth-order valence-corrected chi connectivity index (χ4v) is 4.47. The Morgan fingerprint density at radius 1 is 0.895 bits per heavy atom. The first-order valence-corrected chi connectivity index (χ1v) is 12.2. The van der Waals surface area contributed by atoms with E-state index in [1.54, 1.807) is 30.3 Å². The molecule has 0 bridgehead atoms. The van der Waals surface area contributed by atoms with E-state index in [9.17, 15) is 27.6 Å². The van der Waals surface area contributed by atoms with Crippen LogP contribution in [0.4, 0.5) is 18.9 Å². The number of alkyl halides is 3. The maximum Gasteiger partial charge on any atom is 0.490 e. The van der Waals surface area contributed by atoms with E-state index in [0.717, 1.165) is 25.7 Å². The summed E-state index contributed by atoms with van der Waals surface area (Å²) in [5.74, 6) is -2.97. The molecular weight excluding hydrogens is 503 g/mol. The smallest absolute Gasteiger partial charge is 0.475 e. The van der Waals surface area contributed by atoms with Crippen molar-refractivity contribution in [2.75, 3.05) is 5.32 Å². The minimum absolute atomic E-state index is 0.0914. The molecule has 0 unspecified atom stereocenters. The second kappa shape index (κ2) is 11.8. The van der Waals surface area contributed by atoms with E-state index in [0.29, 0.717) is 27.9 Å². The highest BCUT2D eigenvalue weighted by Gasteiger charge is 2.38. The molecule has 0 saturated heterocycles. The van der Waals surface area contributed by atoms with Crippen molar-refractivity contribution in [3.63, 3.8) is 0 Å². The largest absolute Gasteiger partial charge is 0.490 e. The number of nitrogens with two attached hydrogens (primary N) is 1. The maximum atomic E-state index is 13.2. The fraction of sp³-hybridized carbons (Fsp3) is 0.407. The molecule has 2 aliphatic carbocycles. The van der Waals surface area contributed by atoms with Gasteiger partial charge in [-0.2, -0.15) is 13.2 Å². The van der Waals surface area contributed by atoms with Crippen LogP contribution in [0.2, 0.25) is 0 Å². The third-order valence-corrected chi connectivity index (χ3v) is 6.65. The number of anilines is 1. The molecule has 0 heterocycles. The molecule has 2 aliphatic rings. The number of ketones is 2. The molecule has 1 fully saturated rings. The molecule has 0 aliphatic heterocycles. The summed E-state index contributed by atoms with van der Waals surface area (Å²) in [6.45, 7) is 3.88. The molecule has 11 heteroatoms. The van der Waals surface area contributed by atoms with Crippen molar-refractivity contribution in [1.29, 1.82) is 0 Å². The van der Waals surface area contributed by atoms with Gasteiger partial charge in [-0.05, 0) is 37.7 Å². The number of amides is 1. The number of carbonyl (C=O) groups is 4. The van der Waals surface area contributed by atoms with Gasteiger partial charge < -0.3 is 21.5 Å². The van der Waals surface area contributed by atoms with Gasteiger partial charge in [-0.25, -0.2) is 4.79 Å². The zero-order chi connectivity index (χ0) is 28.2. The quantitative estimate of drug-likeness (QED) is 0.390. The molecule has 2 aromatic rings. The van der Waals surface area contributed by atoms with Crippen LogP contribution in [0.1, 0.15) is 71.4 Å². The topological polar surface area (TPSA) is 139 Å². The predicted octanol–water partition coefficient (Wildman–Crippen LogP) is 3.92. The van der Waals surface area contributed by atoms with E-state index in [1.807, 2.05) is 26.0 Å². The molecule has 1 atom stereocenters. The van der Waals surface area contributed by atoms with E-state index in [4.69, 9.17) is 15.6 Å². The van der Waals surface area contributed by atoms with Crippen LogP contribution in [0.3, 0.4) is 0 Å². The summed E-state index contributed by atoms with van der Waals surface area (Å²) in [7, 11) is 0. The number of carbonyl (C=O) groups excluding carboxylic acids is 3. The lowest BCUT2D eigenvalue weighted by atomic mass is 9.83. The van der Waals surface area contributed by atoms with Gasteiger partial charge in [-0.15, -0.1) is 0 Å². The number of hydrogen-bond acceptors (Lipinski definition) is 6. The van der Waals surface area contributed by atoms with E-state index in [2.05, 4.69) is 10.6 Å². The van der Waals surface area contributed by atoms with Gasteiger partial charge in [0.15, 0.2) is 11.6 Å². The highest BCUT2D eigenvalue weighted by molar-refractivity contribution is 6.30. The first-order chi connectivity index (χ1) is 17.8. The normalized spacial score (nSPS) is 19.4. The monoisotopic (exact) mass is 533 g/mol. The molecule has 1 saturated carbocycles. The van der Waals surface area contributed by atoms with Crippen LogP contribution in [-0.4, -0.2) is 52.9 Å². The number of aliphatic carboxylic acids is 1. The van der Waals surface area contributed by atoms with Crippen molar-refractivity contribution in [1.82, 2.24) is 5.32 Å². The zero-order valence-corrected chi connectivity index (χ0v) is 21.0. The van der Waals surface area contributed by atoms with Crippen molar-refractivity contribution in [3.05, 3.63) is 64.7 Å². The summed E-state index contributed by atoms with van der Waals surface area (Å²) in [6, 6.07) is 12.2. The molecule has 2 aromatic carbocycles. The van der Waals surface area contributed by atoms with Crippen molar-refractivity contribution < 1.29 is 37.5 Å². The molecule has 8 nitrogen and oxygen atoms in total. The van der Waals surface area contributed by atoms with Crippen LogP contribution in [0, 0.1) is 5.92 Å². The van der Waals surface area contributed by atoms with Gasteiger partial charge in [0.1, 0.15) is 0 Å². The molecule has 0 aromatic heterocycles. The third-order valence-electron chi connectivity index (χ3n) is 6.65. The molecule has 1 amide bonds. The Bertz CT molecular complexity index is 1220. The summed E-state index contributed by atoms with van der Waals surface area (Å²) in [6.07, 6.45) is -1.66.